The largest absolute Gasteiger partial charge is 0.480 e. The third-order valence-electron chi connectivity index (χ3n) is 2.70. The van der Waals surface area contributed by atoms with Gasteiger partial charge in [-0.3, -0.25) is 9.59 Å². The molecule has 0 atom stereocenters. The summed E-state index contributed by atoms with van der Waals surface area (Å²) in [6.07, 6.45) is 2.39. The van der Waals surface area contributed by atoms with E-state index in [0.717, 1.165) is 0 Å². The van der Waals surface area contributed by atoms with Gasteiger partial charge < -0.3 is 14.6 Å². The lowest BCUT2D eigenvalue weighted by molar-refractivity contribution is -0.137. The van der Waals surface area contributed by atoms with Gasteiger partial charge in [-0.25, -0.2) is 0 Å². The number of carbonyl (C=O) groups is 2. The number of halogens is 1. The van der Waals surface area contributed by atoms with Crippen LogP contribution in [0.3, 0.4) is 0 Å². The van der Waals surface area contributed by atoms with Crippen LogP contribution >= 0.6 is 11.6 Å². The molecule has 1 N–H and O–H groups in total. The second-order valence-corrected chi connectivity index (χ2v) is 5.10. The monoisotopic (exact) mass is 286 g/mol. The molecule has 0 aromatic carbocycles. The maximum Gasteiger partial charge on any atom is 0.323 e. The second-order valence-electron chi connectivity index (χ2n) is 4.67. The van der Waals surface area contributed by atoms with Gasteiger partial charge in [0.25, 0.3) is 5.91 Å². The fourth-order valence-electron chi connectivity index (χ4n) is 1.89. The zero-order valence-electron chi connectivity index (χ0n) is 11.4. The van der Waals surface area contributed by atoms with Gasteiger partial charge in [-0.15, -0.1) is 0 Å². The normalized spacial score (nSPS) is 10.8. The number of hydrogen-bond acceptors (Lipinski definition) is 2. The SMILES string of the molecule is CCCN(CC(=O)O)C(=O)c1cc(Cl)cn1C(C)C. The maximum absolute atomic E-state index is 12.4. The van der Waals surface area contributed by atoms with E-state index in [1.165, 1.54) is 4.90 Å². The van der Waals surface area contributed by atoms with Crippen LogP contribution in [0.4, 0.5) is 0 Å². The van der Waals surface area contributed by atoms with E-state index >= 15 is 0 Å². The van der Waals surface area contributed by atoms with Crippen LogP contribution in [0.5, 0.6) is 0 Å². The van der Waals surface area contributed by atoms with E-state index in [9.17, 15) is 9.59 Å². The number of nitrogens with zero attached hydrogens (tertiary/aromatic N) is 2. The van der Waals surface area contributed by atoms with Crippen LogP contribution < -0.4 is 0 Å². The van der Waals surface area contributed by atoms with Gasteiger partial charge in [0.05, 0.1) is 5.02 Å². The van der Waals surface area contributed by atoms with Crippen molar-refractivity contribution in [2.24, 2.45) is 0 Å². The minimum absolute atomic E-state index is 0.0831. The van der Waals surface area contributed by atoms with E-state index in [4.69, 9.17) is 16.7 Å². The van der Waals surface area contributed by atoms with Gasteiger partial charge in [-0.2, -0.15) is 0 Å². The predicted molar refractivity (Wildman–Crippen MR) is 73.7 cm³/mol. The van der Waals surface area contributed by atoms with Crippen molar-refractivity contribution in [3.63, 3.8) is 0 Å². The lowest BCUT2D eigenvalue weighted by Gasteiger charge is -2.21. The summed E-state index contributed by atoms with van der Waals surface area (Å²) in [6.45, 7) is 5.89. The Kier molecular flexibility index (Phi) is 5.42. The molecule has 5 nitrogen and oxygen atoms in total. The van der Waals surface area contributed by atoms with E-state index in [1.54, 1.807) is 16.8 Å². The molecule has 1 aromatic heterocycles. The molecule has 1 aromatic rings. The average molecular weight is 287 g/mol. The minimum Gasteiger partial charge on any atom is -0.480 e. The smallest absolute Gasteiger partial charge is 0.323 e. The average Bonchev–Trinajstić information content (AvgIpc) is 2.69. The van der Waals surface area contributed by atoms with Crippen molar-refractivity contribution in [2.75, 3.05) is 13.1 Å². The standard InChI is InChI=1S/C13H19ClN2O3/c1-4-5-15(8-12(17)18)13(19)11-6-10(14)7-16(11)9(2)3/h6-7,9H,4-5,8H2,1-3H3,(H,17,18). The highest BCUT2D eigenvalue weighted by molar-refractivity contribution is 6.31. The van der Waals surface area contributed by atoms with Crippen LogP contribution in [-0.2, 0) is 4.79 Å². The topological polar surface area (TPSA) is 62.5 Å². The van der Waals surface area contributed by atoms with Crippen molar-refractivity contribution in [3.05, 3.63) is 23.0 Å². The summed E-state index contributed by atoms with van der Waals surface area (Å²) < 4.78 is 1.76. The lowest BCUT2D eigenvalue weighted by Crippen LogP contribution is -2.37. The first kappa shape index (κ1) is 15.6. The summed E-state index contributed by atoms with van der Waals surface area (Å²) in [6, 6.07) is 1.66. The number of hydrogen-bond donors (Lipinski definition) is 1. The van der Waals surface area contributed by atoms with Crippen molar-refractivity contribution in [1.29, 1.82) is 0 Å². The Morgan fingerprint density at radius 3 is 2.58 bits per heavy atom. The van der Waals surface area contributed by atoms with E-state index in [2.05, 4.69) is 0 Å². The Labute approximate surface area is 117 Å². The summed E-state index contributed by atoms with van der Waals surface area (Å²) in [4.78, 5) is 24.5. The van der Waals surface area contributed by atoms with Crippen LogP contribution in [0.25, 0.3) is 0 Å². The summed E-state index contributed by atoms with van der Waals surface area (Å²) in [5.41, 5.74) is 0.426. The molecular formula is C13H19ClN2O3. The second kappa shape index (κ2) is 6.61. The van der Waals surface area contributed by atoms with Gasteiger partial charge in [0.2, 0.25) is 0 Å². The van der Waals surface area contributed by atoms with E-state index in [0.29, 0.717) is 23.7 Å². The Morgan fingerprint density at radius 1 is 1.47 bits per heavy atom. The van der Waals surface area contributed by atoms with E-state index in [-0.39, 0.29) is 18.5 Å². The molecule has 0 radical (unpaired) electrons. The van der Waals surface area contributed by atoms with Crippen LogP contribution in [0.1, 0.15) is 43.7 Å². The Balaban J connectivity index is 3.05. The van der Waals surface area contributed by atoms with E-state index < -0.39 is 5.97 Å². The van der Waals surface area contributed by atoms with Crippen molar-refractivity contribution >= 4 is 23.5 Å². The van der Waals surface area contributed by atoms with Crippen molar-refractivity contribution in [2.45, 2.75) is 33.2 Å². The third-order valence-corrected chi connectivity index (χ3v) is 2.90. The van der Waals surface area contributed by atoms with E-state index in [1.807, 2.05) is 20.8 Å². The molecule has 0 saturated carbocycles. The molecular weight excluding hydrogens is 268 g/mol. The summed E-state index contributed by atoms with van der Waals surface area (Å²) in [7, 11) is 0. The number of aliphatic carboxylic acids is 1. The van der Waals surface area contributed by atoms with Crippen LogP contribution in [0.15, 0.2) is 12.3 Å². The highest BCUT2D eigenvalue weighted by atomic mass is 35.5. The molecule has 6 heteroatoms. The molecule has 0 fully saturated rings. The molecule has 1 rings (SSSR count). The molecule has 1 heterocycles. The van der Waals surface area contributed by atoms with Crippen molar-refractivity contribution in [3.8, 4) is 0 Å². The molecule has 19 heavy (non-hydrogen) atoms. The summed E-state index contributed by atoms with van der Waals surface area (Å²) in [5.74, 6) is -1.32. The molecule has 106 valence electrons. The molecule has 0 aliphatic rings. The Bertz CT molecular complexity index is 468. The first-order valence-electron chi connectivity index (χ1n) is 6.25. The highest BCUT2D eigenvalue weighted by Gasteiger charge is 2.22. The lowest BCUT2D eigenvalue weighted by atomic mass is 10.3. The zero-order chi connectivity index (χ0) is 14.6. The molecule has 0 unspecified atom stereocenters. The fraction of sp³-hybridized carbons (Fsp3) is 0.538. The third kappa shape index (κ3) is 3.99. The van der Waals surface area contributed by atoms with Gasteiger partial charge in [0.15, 0.2) is 0 Å². The van der Waals surface area contributed by atoms with Crippen LogP contribution in [0.2, 0.25) is 5.02 Å². The maximum atomic E-state index is 12.4. The summed E-state index contributed by atoms with van der Waals surface area (Å²) >= 11 is 5.93. The van der Waals surface area contributed by atoms with Crippen LogP contribution in [-0.4, -0.2) is 39.5 Å². The first-order chi connectivity index (χ1) is 8.86. The van der Waals surface area contributed by atoms with Crippen molar-refractivity contribution in [1.82, 2.24) is 9.47 Å². The fourth-order valence-corrected chi connectivity index (χ4v) is 2.10. The number of rotatable bonds is 6. The van der Waals surface area contributed by atoms with Gasteiger partial charge >= 0.3 is 5.97 Å². The van der Waals surface area contributed by atoms with Crippen molar-refractivity contribution < 1.29 is 14.7 Å². The number of carbonyl (C=O) groups excluding carboxylic acids is 1. The molecule has 0 spiro atoms. The first-order valence-corrected chi connectivity index (χ1v) is 6.63. The van der Waals surface area contributed by atoms with Gasteiger partial charge in [0, 0.05) is 18.8 Å². The quantitative estimate of drug-likeness (QED) is 0.874. The molecule has 0 bridgehead atoms. The van der Waals surface area contributed by atoms with Gasteiger partial charge in [0.1, 0.15) is 12.2 Å². The van der Waals surface area contributed by atoms with Gasteiger partial charge in [-0.05, 0) is 26.3 Å². The highest BCUT2D eigenvalue weighted by Crippen LogP contribution is 2.20. The van der Waals surface area contributed by atoms with Gasteiger partial charge in [-0.1, -0.05) is 18.5 Å². The molecule has 1 amide bonds. The minimum atomic E-state index is -1.02. The molecule has 0 aliphatic carbocycles. The number of carboxylic acid groups (broad SMARTS) is 1. The molecule has 0 aliphatic heterocycles. The zero-order valence-corrected chi connectivity index (χ0v) is 12.1. The predicted octanol–water partition coefficient (Wildman–Crippen LogP) is 2.66. The summed E-state index contributed by atoms with van der Waals surface area (Å²) in [5, 5.41) is 9.34. The number of carboxylic acids is 1. The Hall–Kier alpha value is -1.49. The molecule has 0 saturated heterocycles. The van der Waals surface area contributed by atoms with Crippen LogP contribution in [0, 0.1) is 0 Å². The number of aromatic nitrogens is 1. The number of amides is 1. The Morgan fingerprint density at radius 2 is 2.11 bits per heavy atom.